The van der Waals surface area contributed by atoms with Gasteiger partial charge in [-0.1, -0.05) is 26.7 Å². The van der Waals surface area contributed by atoms with Gasteiger partial charge in [-0.15, -0.1) is 5.16 Å². The first-order valence-corrected chi connectivity index (χ1v) is 3.51. The van der Waals surface area contributed by atoms with Crippen LogP contribution in [0.1, 0.15) is 33.1 Å². The molecule has 0 aliphatic carbocycles. The monoisotopic (exact) mass is 129 g/mol. The van der Waals surface area contributed by atoms with Crippen molar-refractivity contribution in [1.29, 1.82) is 0 Å². The van der Waals surface area contributed by atoms with E-state index >= 15 is 0 Å². The van der Waals surface area contributed by atoms with E-state index in [0.717, 1.165) is 6.42 Å². The molecule has 0 aromatic heterocycles. The molecule has 2 nitrogen and oxygen atoms in total. The van der Waals surface area contributed by atoms with E-state index in [0.29, 0.717) is 5.92 Å². The fraction of sp³-hybridized carbons (Fsp3) is 0.857. The number of hydrogen-bond acceptors (Lipinski definition) is 2. The average molecular weight is 129 g/mol. The third kappa shape index (κ3) is 4.01. The van der Waals surface area contributed by atoms with Crippen LogP contribution in [0.25, 0.3) is 0 Å². The zero-order valence-electron chi connectivity index (χ0n) is 6.17. The van der Waals surface area contributed by atoms with Gasteiger partial charge >= 0.3 is 0 Å². The van der Waals surface area contributed by atoms with E-state index in [1.165, 1.54) is 12.8 Å². The quantitative estimate of drug-likeness (QED) is 0.352. The highest BCUT2D eigenvalue weighted by atomic mass is 16.4. The van der Waals surface area contributed by atoms with E-state index in [4.69, 9.17) is 5.21 Å². The second-order valence-corrected chi connectivity index (χ2v) is 2.22. The van der Waals surface area contributed by atoms with Crippen molar-refractivity contribution < 1.29 is 5.21 Å². The van der Waals surface area contributed by atoms with E-state index < -0.39 is 0 Å². The van der Waals surface area contributed by atoms with E-state index in [1.807, 2.05) is 0 Å². The summed E-state index contributed by atoms with van der Waals surface area (Å²) in [6, 6.07) is 0. The lowest BCUT2D eigenvalue weighted by atomic mass is 10.0. The minimum absolute atomic E-state index is 0.695. The maximum Gasteiger partial charge on any atom is 0.0438 e. The number of rotatable bonds is 4. The Morgan fingerprint density at radius 2 is 2.00 bits per heavy atom. The molecule has 0 rings (SSSR count). The SMILES string of the molecule is CCC(CC)CC=NO. The van der Waals surface area contributed by atoms with Crippen molar-refractivity contribution in [2.45, 2.75) is 33.1 Å². The van der Waals surface area contributed by atoms with Crippen LogP contribution in [0.5, 0.6) is 0 Å². The minimum Gasteiger partial charge on any atom is -0.411 e. The van der Waals surface area contributed by atoms with Gasteiger partial charge in [-0.2, -0.15) is 0 Å². The summed E-state index contributed by atoms with van der Waals surface area (Å²) in [5.74, 6) is 0.695. The van der Waals surface area contributed by atoms with Gasteiger partial charge in [0, 0.05) is 6.21 Å². The fourth-order valence-electron chi connectivity index (χ4n) is 0.818. The van der Waals surface area contributed by atoms with Crippen LogP contribution < -0.4 is 0 Å². The molecule has 0 atom stereocenters. The highest BCUT2D eigenvalue weighted by Crippen LogP contribution is 2.09. The summed E-state index contributed by atoms with van der Waals surface area (Å²) in [7, 11) is 0. The Hall–Kier alpha value is -0.530. The highest BCUT2D eigenvalue weighted by molar-refractivity contribution is 5.56. The molecule has 0 aliphatic heterocycles. The van der Waals surface area contributed by atoms with Crippen molar-refractivity contribution in [3.63, 3.8) is 0 Å². The van der Waals surface area contributed by atoms with Crippen LogP contribution in [0.4, 0.5) is 0 Å². The summed E-state index contributed by atoms with van der Waals surface area (Å²) in [4.78, 5) is 0. The minimum atomic E-state index is 0.695. The highest BCUT2D eigenvalue weighted by Gasteiger charge is 1.98. The van der Waals surface area contributed by atoms with Gasteiger partial charge in [-0.3, -0.25) is 0 Å². The molecule has 1 N–H and O–H groups in total. The normalized spacial score (nSPS) is 11.4. The Balaban J connectivity index is 3.31. The molecule has 0 fully saturated rings. The van der Waals surface area contributed by atoms with E-state index in [-0.39, 0.29) is 0 Å². The zero-order chi connectivity index (χ0) is 7.11. The van der Waals surface area contributed by atoms with Crippen molar-refractivity contribution in [2.75, 3.05) is 0 Å². The number of nitrogens with zero attached hydrogens (tertiary/aromatic N) is 1. The first kappa shape index (κ1) is 8.47. The third-order valence-electron chi connectivity index (χ3n) is 1.68. The van der Waals surface area contributed by atoms with Gasteiger partial charge in [0.25, 0.3) is 0 Å². The third-order valence-corrected chi connectivity index (χ3v) is 1.68. The number of hydrogen-bond donors (Lipinski definition) is 1. The first-order chi connectivity index (χ1) is 4.35. The second-order valence-electron chi connectivity index (χ2n) is 2.22. The van der Waals surface area contributed by atoms with Gasteiger partial charge < -0.3 is 5.21 Å². The van der Waals surface area contributed by atoms with Crippen LogP contribution in [0, 0.1) is 5.92 Å². The lowest BCUT2D eigenvalue weighted by Crippen LogP contribution is -1.96. The second kappa shape index (κ2) is 5.60. The van der Waals surface area contributed by atoms with Gasteiger partial charge in [0.15, 0.2) is 0 Å². The Labute approximate surface area is 56.6 Å². The molecule has 2 heteroatoms. The molecule has 0 aromatic carbocycles. The van der Waals surface area contributed by atoms with Gasteiger partial charge in [0.1, 0.15) is 0 Å². The molecule has 0 unspecified atom stereocenters. The molecular formula is C7H15NO. The van der Waals surface area contributed by atoms with Crippen LogP contribution in [-0.4, -0.2) is 11.4 Å². The maximum absolute atomic E-state index is 8.08. The molecule has 0 heterocycles. The standard InChI is InChI=1S/C7H15NO/c1-3-7(4-2)5-6-8-9/h6-7,9H,3-5H2,1-2H3. The maximum atomic E-state index is 8.08. The summed E-state index contributed by atoms with van der Waals surface area (Å²) >= 11 is 0. The predicted octanol–water partition coefficient (Wildman–Crippen LogP) is 2.27. The van der Waals surface area contributed by atoms with Crippen molar-refractivity contribution in [3.8, 4) is 0 Å². The van der Waals surface area contributed by atoms with Gasteiger partial charge in [0.2, 0.25) is 0 Å². The lowest BCUT2D eigenvalue weighted by molar-refractivity contribution is 0.318. The molecule has 0 amide bonds. The molecule has 0 spiro atoms. The van der Waals surface area contributed by atoms with Crippen molar-refractivity contribution in [1.82, 2.24) is 0 Å². The van der Waals surface area contributed by atoms with Crippen molar-refractivity contribution >= 4 is 6.21 Å². The summed E-state index contributed by atoms with van der Waals surface area (Å²) in [5, 5.41) is 11.0. The van der Waals surface area contributed by atoms with E-state index in [1.54, 1.807) is 6.21 Å². The first-order valence-electron chi connectivity index (χ1n) is 3.51. The van der Waals surface area contributed by atoms with Crippen LogP contribution in [0.15, 0.2) is 5.16 Å². The Kier molecular flexibility index (Phi) is 5.27. The van der Waals surface area contributed by atoms with Crippen molar-refractivity contribution in [3.05, 3.63) is 0 Å². The largest absolute Gasteiger partial charge is 0.411 e. The molecule has 0 radical (unpaired) electrons. The smallest absolute Gasteiger partial charge is 0.0438 e. The lowest BCUT2D eigenvalue weighted by Gasteiger charge is -2.05. The van der Waals surface area contributed by atoms with E-state index in [9.17, 15) is 0 Å². The molecule has 0 saturated carbocycles. The molecule has 54 valence electrons. The van der Waals surface area contributed by atoms with Crippen LogP contribution in [0.3, 0.4) is 0 Å². The van der Waals surface area contributed by atoms with Crippen LogP contribution in [-0.2, 0) is 0 Å². The molecule has 0 aromatic rings. The Morgan fingerprint density at radius 3 is 2.33 bits per heavy atom. The summed E-state index contributed by atoms with van der Waals surface area (Å²) in [6.45, 7) is 4.30. The van der Waals surface area contributed by atoms with Crippen LogP contribution in [0.2, 0.25) is 0 Å². The molecule has 0 aliphatic rings. The molecular weight excluding hydrogens is 114 g/mol. The summed E-state index contributed by atoms with van der Waals surface area (Å²) in [5.41, 5.74) is 0. The Morgan fingerprint density at radius 1 is 1.44 bits per heavy atom. The van der Waals surface area contributed by atoms with Crippen molar-refractivity contribution in [2.24, 2.45) is 11.1 Å². The van der Waals surface area contributed by atoms with Gasteiger partial charge in [0.05, 0.1) is 0 Å². The predicted molar refractivity (Wildman–Crippen MR) is 39.0 cm³/mol. The fourth-order valence-corrected chi connectivity index (χ4v) is 0.818. The van der Waals surface area contributed by atoms with E-state index in [2.05, 4.69) is 19.0 Å². The number of oxime groups is 1. The summed E-state index contributed by atoms with van der Waals surface area (Å²) in [6.07, 6.45) is 4.81. The summed E-state index contributed by atoms with van der Waals surface area (Å²) < 4.78 is 0. The zero-order valence-corrected chi connectivity index (χ0v) is 6.17. The topological polar surface area (TPSA) is 32.6 Å². The average Bonchev–Trinajstić information content (AvgIpc) is 1.91. The Bertz CT molecular complexity index is 77.0. The molecule has 0 bridgehead atoms. The van der Waals surface area contributed by atoms with Crippen LogP contribution >= 0.6 is 0 Å². The van der Waals surface area contributed by atoms with Gasteiger partial charge in [-0.05, 0) is 12.3 Å². The molecule has 9 heavy (non-hydrogen) atoms. The molecule has 0 saturated heterocycles. The van der Waals surface area contributed by atoms with Gasteiger partial charge in [-0.25, -0.2) is 0 Å².